The van der Waals surface area contributed by atoms with Crippen molar-refractivity contribution in [3.05, 3.63) is 47.7 Å². The maximum Gasteiger partial charge on any atom is 0.243 e. The molecule has 0 radical (unpaired) electrons. The maximum absolute atomic E-state index is 12.4. The first-order chi connectivity index (χ1) is 12.0. The molecule has 3 rings (SSSR count). The number of amides is 1. The van der Waals surface area contributed by atoms with Gasteiger partial charge in [-0.25, -0.2) is 0 Å². The van der Waals surface area contributed by atoms with Crippen LogP contribution in [0.2, 0.25) is 0 Å². The molecule has 6 heteroatoms. The summed E-state index contributed by atoms with van der Waals surface area (Å²) in [6, 6.07) is 11.2. The van der Waals surface area contributed by atoms with E-state index in [-0.39, 0.29) is 17.9 Å². The van der Waals surface area contributed by atoms with Gasteiger partial charge in [0.05, 0.1) is 17.8 Å². The molecule has 0 aliphatic carbocycles. The summed E-state index contributed by atoms with van der Waals surface area (Å²) in [6.45, 7) is 5.29. The minimum atomic E-state index is -0.440. The molecule has 134 valence electrons. The summed E-state index contributed by atoms with van der Waals surface area (Å²) in [6.07, 6.45) is 1.30. The molecule has 1 aromatic carbocycles. The van der Waals surface area contributed by atoms with E-state index in [4.69, 9.17) is 4.52 Å². The Hall–Kier alpha value is -2.18. The van der Waals surface area contributed by atoms with Crippen LogP contribution >= 0.6 is 0 Å². The van der Waals surface area contributed by atoms with E-state index < -0.39 is 6.10 Å². The van der Waals surface area contributed by atoms with Crippen molar-refractivity contribution < 1.29 is 14.4 Å². The van der Waals surface area contributed by atoms with Gasteiger partial charge >= 0.3 is 0 Å². The number of nitrogens with one attached hydrogen (secondary N) is 1. The molecule has 0 spiro atoms. The maximum atomic E-state index is 12.4. The lowest BCUT2D eigenvalue weighted by Gasteiger charge is -2.36. The second-order valence-corrected chi connectivity index (χ2v) is 6.73. The number of nitrogens with zero attached hydrogens (tertiary/aromatic N) is 2. The average Bonchev–Trinajstić information content (AvgIpc) is 3.06. The number of aromatic nitrogens is 1. The van der Waals surface area contributed by atoms with E-state index in [1.54, 1.807) is 6.07 Å². The number of carbonyl (C=O) groups is 1. The normalized spacial score (nSPS) is 18.7. The molecule has 1 amide bonds. The topological polar surface area (TPSA) is 78.6 Å². The molecular weight excluding hydrogens is 318 g/mol. The first-order valence-corrected chi connectivity index (χ1v) is 8.76. The van der Waals surface area contributed by atoms with E-state index in [0.717, 1.165) is 37.2 Å². The predicted octanol–water partition coefficient (Wildman–Crippen LogP) is 2.76. The zero-order valence-corrected chi connectivity index (χ0v) is 14.7. The van der Waals surface area contributed by atoms with Crippen LogP contribution in [0.5, 0.6) is 0 Å². The number of aliphatic hydroxyl groups excluding tert-OH is 1. The Kier molecular flexibility index (Phi) is 5.50. The van der Waals surface area contributed by atoms with Gasteiger partial charge in [-0.2, -0.15) is 0 Å². The van der Waals surface area contributed by atoms with Crippen LogP contribution in [-0.4, -0.2) is 40.2 Å². The summed E-state index contributed by atoms with van der Waals surface area (Å²) >= 11 is 0. The number of aliphatic hydroxyl groups is 1. The van der Waals surface area contributed by atoms with Crippen molar-refractivity contribution in [3.8, 4) is 0 Å². The van der Waals surface area contributed by atoms with Gasteiger partial charge in [-0.1, -0.05) is 35.5 Å². The predicted molar refractivity (Wildman–Crippen MR) is 95.0 cm³/mol. The van der Waals surface area contributed by atoms with Crippen LogP contribution in [-0.2, 0) is 4.79 Å². The van der Waals surface area contributed by atoms with Gasteiger partial charge in [0.2, 0.25) is 11.8 Å². The largest absolute Gasteiger partial charge is 0.388 e. The lowest BCUT2D eigenvalue weighted by Crippen LogP contribution is -2.46. The minimum absolute atomic E-state index is 0.0989. The number of piperidine rings is 1. The van der Waals surface area contributed by atoms with Crippen molar-refractivity contribution in [2.75, 3.05) is 18.4 Å². The van der Waals surface area contributed by atoms with E-state index in [1.807, 2.05) is 44.2 Å². The molecule has 1 aliphatic heterocycles. The van der Waals surface area contributed by atoms with Crippen LogP contribution in [0.15, 0.2) is 40.9 Å². The highest BCUT2D eigenvalue weighted by Crippen LogP contribution is 2.31. The number of anilines is 1. The number of hydrogen-bond acceptors (Lipinski definition) is 5. The highest BCUT2D eigenvalue weighted by Gasteiger charge is 2.30. The zero-order chi connectivity index (χ0) is 17.8. The molecule has 2 atom stereocenters. The fraction of sp³-hybridized carbons (Fsp3) is 0.474. The average molecular weight is 343 g/mol. The van der Waals surface area contributed by atoms with Crippen molar-refractivity contribution in [3.63, 3.8) is 0 Å². The van der Waals surface area contributed by atoms with E-state index in [2.05, 4.69) is 15.4 Å². The van der Waals surface area contributed by atoms with Crippen LogP contribution in [0.3, 0.4) is 0 Å². The molecule has 1 fully saturated rings. The molecule has 2 N–H and O–H groups in total. The van der Waals surface area contributed by atoms with E-state index in [9.17, 15) is 9.90 Å². The molecule has 2 aromatic rings. The van der Waals surface area contributed by atoms with Crippen LogP contribution in [0, 0.1) is 12.8 Å². The first kappa shape index (κ1) is 17.6. The molecule has 25 heavy (non-hydrogen) atoms. The zero-order valence-electron chi connectivity index (χ0n) is 14.7. The van der Waals surface area contributed by atoms with Gasteiger partial charge in [-0.05, 0) is 51.3 Å². The molecule has 0 saturated carbocycles. The number of carbonyl (C=O) groups excluding carboxylic acids is 1. The number of aryl methyl sites for hydroxylation is 1. The molecule has 0 bridgehead atoms. The Labute approximate surface area is 147 Å². The highest BCUT2D eigenvalue weighted by atomic mass is 16.5. The van der Waals surface area contributed by atoms with Gasteiger partial charge in [0.25, 0.3) is 0 Å². The Morgan fingerprint density at radius 1 is 1.32 bits per heavy atom. The number of hydrogen-bond donors (Lipinski definition) is 2. The second kappa shape index (κ2) is 7.80. The third kappa shape index (κ3) is 4.27. The lowest BCUT2D eigenvalue weighted by atomic mass is 9.87. The Morgan fingerprint density at radius 2 is 2.00 bits per heavy atom. The van der Waals surface area contributed by atoms with E-state index in [0.29, 0.717) is 5.88 Å². The third-order valence-electron chi connectivity index (χ3n) is 4.96. The first-order valence-electron chi connectivity index (χ1n) is 8.76. The molecule has 2 heterocycles. The third-order valence-corrected chi connectivity index (χ3v) is 4.96. The standard InChI is InChI=1S/C19H25N3O3/c1-13-12-17(25-21-13)20-19(24)14(2)22-10-8-16(9-11-22)18(23)15-6-4-3-5-7-15/h3-7,12,14,16,18,23H,8-11H2,1-2H3,(H,20,24). The second-order valence-electron chi connectivity index (χ2n) is 6.73. The van der Waals surface area contributed by atoms with E-state index >= 15 is 0 Å². The van der Waals surface area contributed by atoms with Crippen molar-refractivity contribution in [2.45, 2.75) is 38.8 Å². The van der Waals surface area contributed by atoms with Crippen molar-refractivity contribution in [1.82, 2.24) is 10.1 Å². The highest BCUT2D eigenvalue weighted by molar-refractivity contribution is 5.93. The summed E-state index contributed by atoms with van der Waals surface area (Å²) in [7, 11) is 0. The smallest absolute Gasteiger partial charge is 0.243 e. The summed E-state index contributed by atoms with van der Waals surface area (Å²) in [4.78, 5) is 14.5. The Morgan fingerprint density at radius 3 is 2.60 bits per heavy atom. The van der Waals surface area contributed by atoms with Crippen LogP contribution in [0.1, 0.15) is 37.1 Å². The molecule has 2 unspecified atom stereocenters. The monoisotopic (exact) mass is 343 g/mol. The fourth-order valence-corrected chi connectivity index (χ4v) is 3.36. The number of benzene rings is 1. The van der Waals surface area contributed by atoms with Gasteiger partial charge in [0.1, 0.15) is 0 Å². The molecular formula is C19H25N3O3. The summed E-state index contributed by atoms with van der Waals surface area (Å²) in [5, 5.41) is 17.1. The molecule has 1 saturated heterocycles. The van der Waals surface area contributed by atoms with Crippen LogP contribution < -0.4 is 5.32 Å². The van der Waals surface area contributed by atoms with E-state index in [1.165, 1.54) is 0 Å². The molecule has 6 nitrogen and oxygen atoms in total. The van der Waals surface area contributed by atoms with Gasteiger partial charge in [0, 0.05) is 6.07 Å². The fourth-order valence-electron chi connectivity index (χ4n) is 3.36. The van der Waals surface area contributed by atoms with Crippen molar-refractivity contribution in [2.24, 2.45) is 5.92 Å². The van der Waals surface area contributed by atoms with Gasteiger partial charge in [0.15, 0.2) is 0 Å². The van der Waals surface area contributed by atoms with Gasteiger partial charge in [-0.15, -0.1) is 0 Å². The Bertz CT molecular complexity index is 693. The van der Waals surface area contributed by atoms with Crippen molar-refractivity contribution in [1.29, 1.82) is 0 Å². The number of rotatable bonds is 5. The van der Waals surface area contributed by atoms with Crippen LogP contribution in [0.25, 0.3) is 0 Å². The van der Waals surface area contributed by atoms with Crippen molar-refractivity contribution >= 4 is 11.8 Å². The minimum Gasteiger partial charge on any atom is -0.388 e. The SMILES string of the molecule is Cc1cc(NC(=O)C(C)N2CCC(C(O)c3ccccc3)CC2)on1. The van der Waals surface area contributed by atoms with Gasteiger partial charge < -0.3 is 9.63 Å². The molecule has 1 aromatic heterocycles. The van der Waals surface area contributed by atoms with Gasteiger partial charge in [-0.3, -0.25) is 15.0 Å². The quantitative estimate of drug-likeness (QED) is 0.873. The lowest BCUT2D eigenvalue weighted by molar-refractivity contribution is -0.121. The Balaban J connectivity index is 1.52. The van der Waals surface area contributed by atoms with Crippen LogP contribution in [0.4, 0.5) is 5.88 Å². The molecule has 1 aliphatic rings. The number of likely N-dealkylation sites (tertiary alicyclic amines) is 1. The summed E-state index contributed by atoms with van der Waals surface area (Å²) in [5.41, 5.74) is 1.70. The summed E-state index contributed by atoms with van der Waals surface area (Å²) in [5.74, 6) is 0.507. The summed E-state index contributed by atoms with van der Waals surface area (Å²) < 4.78 is 5.04.